The number of esters is 1. The third-order valence-electron chi connectivity index (χ3n) is 2.83. The highest BCUT2D eigenvalue weighted by molar-refractivity contribution is 5.85. The maximum Gasteiger partial charge on any atom is 0.416 e. The number of carbonyl (C=O) groups is 1. The highest BCUT2D eigenvalue weighted by atomic mass is 35.5. The molecule has 0 amide bonds. The molecule has 0 saturated heterocycles. The van der Waals surface area contributed by atoms with Gasteiger partial charge in [0.15, 0.2) is 0 Å². The highest BCUT2D eigenvalue weighted by Gasteiger charge is 2.49. The van der Waals surface area contributed by atoms with Gasteiger partial charge >= 0.3 is 18.1 Å². The van der Waals surface area contributed by atoms with Crippen LogP contribution >= 0.6 is 12.4 Å². The van der Waals surface area contributed by atoms with Gasteiger partial charge in [0.25, 0.3) is 0 Å². The molecule has 1 atom stereocenters. The summed E-state index contributed by atoms with van der Waals surface area (Å²) in [5.41, 5.74) is 3.81. The summed E-state index contributed by atoms with van der Waals surface area (Å²) in [7, 11) is 1.01. The Morgan fingerprint density at radius 1 is 1.26 bits per heavy atom. The van der Waals surface area contributed by atoms with Crippen LogP contribution in [0.2, 0.25) is 0 Å². The predicted molar refractivity (Wildman–Crippen MR) is 73.8 cm³/mol. The van der Waals surface area contributed by atoms with Crippen LogP contribution in [0.25, 0.3) is 0 Å². The highest BCUT2D eigenvalue weighted by Crippen LogP contribution is 2.39. The molecule has 1 rings (SSSR count). The van der Waals surface area contributed by atoms with Crippen LogP contribution in [0.3, 0.4) is 0 Å². The molecule has 0 aromatic heterocycles. The van der Waals surface area contributed by atoms with Gasteiger partial charge in [0, 0.05) is 5.56 Å². The van der Waals surface area contributed by atoms with E-state index in [0.717, 1.165) is 13.2 Å². The molecular formula is C13H15ClF5NO3. The third-order valence-corrected chi connectivity index (χ3v) is 2.83. The van der Waals surface area contributed by atoms with Crippen molar-refractivity contribution >= 4 is 18.4 Å². The second-order valence-corrected chi connectivity index (χ2v) is 4.28. The average Bonchev–Trinajstić information content (AvgIpc) is 2.44. The van der Waals surface area contributed by atoms with Crippen molar-refractivity contribution in [3.8, 4) is 5.75 Å². The van der Waals surface area contributed by atoms with Crippen molar-refractivity contribution in [1.29, 1.82) is 0 Å². The van der Waals surface area contributed by atoms with Crippen molar-refractivity contribution in [2.24, 2.45) is 5.73 Å². The SMILES string of the molecule is CCOC(=O)C(F)(F)[C@@H](N)c1ccc(C(F)(F)F)cc1OC.Cl. The molecule has 132 valence electrons. The van der Waals surface area contributed by atoms with Crippen LogP contribution in [0.4, 0.5) is 22.0 Å². The first-order valence-electron chi connectivity index (χ1n) is 6.11. The average molecular weight is 364 g/mol. The summed E-state index contributed by atoms with van der Waals surface area (Å²) in [4.78, 5) is 11.2. The van der Waals surface area contributed by atoms with Crippen LogP contribution in [-0.4, -0.2) is 25.6 Å². The van der Waals surface area contributed by atoms with Gasteiger partial charge in [-0.15, -0.1) is 12.4 Å². The standard InChI is InChI=1S/C13H14F5NO3.ClH/c1-3-22-11(20)12(14,15)10(19)8-5-4-7(13(16,17)18)6-9(8)21-2;/h4-6,10H,3,19H2,1-2H3;1H/t10-;/m0./s1. The minimum atomic E-state index is -4.67. The Bertz CT molecular complexity index is 551. The second-order valence-electron chi connectivity index (χ2n) is 4.28. The Kier molecular flexibility index (Phi) is 7.24. The number of ether oxygens (including phenoxy) is 2. The Labute approximate surface area is 135 Å². The lowest BCUT2D eigenvalue weighted by atomic mass is 9.98. The lowest BCUT2D eigenvalue weighted by Gasteiger charge is -2.24. The molecule has 0 bridgehead atoms. The van der Waals surface area contributed by atoms with E-state index < -0.39 is 41.0 Å². The molecule has 1 aromatic carbocycles. The van der Waals surface area contributed by atoms with E-state index in [1.54, 1.807) is 0 Å². The molecular weight excluding hydrogens is 349 g/mol. The third kappa shape index (κ3) is 4.68. The summed E-state index contributed by atoms with van der Waals surface area (Å²) in [6, 6.07) is -0.335. The van der Waals surface area contributed by atoms with Crippen molar-refractivity contribution in [2.45, 2.75) is 25.1 Å². The van der Waals surface area contributed by atoms with E-state index >= 15 is 0 Å². The molecule has 4 nitrogen and oxygen atoms in total. The minimum Gasteiger partial charge on any atom is -0.496 e. The van der Waals surface area contributed by atoms with Crippen molar-refractivity contribution in [3.05, 3.63) is 29.3 Å². The molecule has 1 aromatic rings. The van der Waals surface area contributed by atoms with Gasteiger partial charge in [-0.1, -0.05) is 6.07 Å². The number of benzene rings is 1. The van der Waals surface area contributed by atoms with E-state index in [1.807, 2.05) is 0 Å². The normalized spacial score (nSPS) is 13.0. The van der Waals surface area contributed by atoms with Gasteiger partial charge in [0.05, 0.1) is 19.3 Å². The van der Waals surface area contributed by atoms with E-state index in [0.29, 0.717) is 12.1 Å². The molecule has 2 N–H and O–H groups in total. The number of hydrogen-bond acceptors (Lipinski definition) is 4. The van der Waals surface area contributed by atoms with E-state index in [1.165, 1.54) is 6.92 Å². The minimum absolute atomic E-state index is 0. The molecule has 0 heterocycles. The summed E-state index contributed by atoms with van der Waals surface area (Å²) in [5, 5.41) is 0. The molecule has 0 fully saturated rings. The van der Waals surface area contributed by atoms with Crippen molar-refractivity contribution in [1.82, 2.24) is 0 Å². The number of methoxy groups -OCH3 is 1. The molecule has 0 aliphatic rings. The summed E-state index contributed by atoms with van der Waals surface area (Å²) in [5.74, 6) is -6.46. The first kappa shape index (κ1) is 21.4. The lowest BCUT2D eigenvalue weighted by molar-refractivity contribution is -0.174. The van der Waals surface area contributed by atoms with E-state index in [-0.39, 0.29) is 19.0 Å². The first-order chi connectivity index (χ1) is 10.1. The molecule has 0 aliphatic carbocycles. The Balaban J connectivity index is 0.00000484. The summed E-state index contributed by atoms with van der Waals surface area (Å²) < 4.78 is 74.4. The number of nitrogens with two attached hydrogens (primary N) is 1. The molecule has 0 aliphatic heterocycles. The number of hydrogen-bond donors (Lipinski definition) is 1. The van der Waals surface area contributed by atoms with Crippen LogP contribution in [-0.2, 0) is 15.7 Å². The zero-order valence-electron chi connectivity index (χ0n) is 12.1. The van der Waals surface area contributed by atoms with E-state index in [4.69, 9.17) is 5.73 Å². The molecule has 0 unspecified atom stereocenters. The maximum atomic E-state index is 13.9. The van der Waals surface area contributed by atoms with E-state index in [2.05, 4.69) is 9.47 Å². The quantitative estimate of drug-likeness (QED) is 0.644. The second kappa shape index (κ2) is 7.78. The largest absolute Gasteiger partial charge is 0.496 e. The predicted octanol–water partition coefficient (Wildman–Crippen LogP) is 3.33. The zero-order chi connectivity index (χ0) is 17.1. The van der Waals surface area contributed by atoms with Gasteiger partial charge in [0.2, 0.25) is 0 Å². The fourth-order valence-electron chi connectivity index (χ4n) is 1.69. The molecule has 10 heteroatoms. The zero-order valence-corrected chi connectivity index (χ0v) is 12.9. The molecule has 0 radical (unpaired) electrons. The van der Waals surface area contributed by atoms with Gasteiger partial charge in [0.1, 0.15) is 11.8 Å². The Morgan fingerprint density at radius 3 is 2.26 bits per heavy atom. The Morgan fingerprint density at radius 2 is 1.83 bits per heavy atom. The topological polar surface area (TPSA) is 61.5 Å². The van der Waals surface area contributed by atoms with Crippen LogP contribution in [0.1, 0.15) is 24.1 Å². The number of halogens is 6. The monoisotopic (exact) mass is 363 g/mol. The fourth-order valence-corrected chi connectivity index (χ4v) is 1.69. The van der Waals surface area contributed by atoms with Gasteiger partial charge in [-0.2, -0.15) is 22.0 Å². The van der Waals surface area contributed by atoms with Gasteiger partial charge in [-0.05, 0) is 19.1 Å². The van der Waals surface area contributed by atoms with Crippen LogP contribution < -0.4 is 10.5 Å². The van der Waals surface area contributed by atoms with Crippen molar-refractivity contribution in [3.63, 3.8) is 0 Å². The van der Waals surface area contributed by atoms with Gasteiger partial charge < -0.3 is 15.2 Å². The molecule has 23 heavy (non-hydrogen) atoms. The van der Waals surface area contributed by atoms with Gasteiger partial charge in [-0.3, -0.25) is 0 Å². The van der Waals surface area contributed by atoms with Crippen LogP contribution in [0.5, 0.6) is 5.75 Å². The summed E-state index contributed by atoms with van der Waals surface area (Å²) in [6.07, 6.45) is -4.67. The van der Waals surface area contributed by atoms with Crippen LogP contribution in [0, 0.1) is 0 Å². The number of rotatable bonds is 5. The first-order valence-corrected chi connectivity index (χ1v) is 6.11. The maximum absolute atomic E-state index is 13.9. The Hall–Kier alpha value is -1.61. The molecule has 0 saturated carbocycles. The lowest BCUT2D eigenvalue weighted by Crippen LogP contribution is -2.42. The summed E-state index contributed by atoms with van der Waals surface area (Å²) in [6.45, 7) is 1.05. The van der Waals surface area contributed by atoms with Crippen molar-refractivity contribution in [2.75, 3.05) is 13.7 Å². The summed E-state index contributed by atoms with van der Waals surface area (Å²) >= 11 is 0. The number of alkyl halides is 5. The van der Waals surface area contributed by atoms with Crippen molar-refractivity contribution < 1.29 is 36.2 Å². The molecule has 0 spiro atoms. The van der Waals surface area contributed by atoms with E-state index in [9.17, 15) is 26.7 Å². The fraction of sp³-hybridized carbons (Fsp3) is 0.462. The van der Waals surface area contributed by atoms with Gasteiger partial charge in [-0.25, -0.2) is 4.79 Å². The number of carbonyl (C=O) groups excluding carboxylic acids is 1. The smallest absolute Gasteiger partial charge is 0.416 e. The van der Waals surface area contributed by atoms with Crippen LogP contribution in [0.15, 0.2) is 18.2 Å².